The van der Waals surface area contributed by atoms with Gasteiger partial charge in [0.1, 0.15) is 11.6 Å². The fourth-order valence-corrected chi connectivity index (χ4v) is 2.00. The molecule has 24 heavy (non-hydrogen) atoms. The van der Waals surface area contributed by atoms with Crippen LogP contribution in [0.4, 0.5) is 10.3 Å². The molecule has 2 aromatic heterocycles. The van der Waals surface area contributed by atoms with Gasteiger partial charge >= 0.3 is 0 Å². The number of nitrogens with zero attached hydrogens (tertiary/aromatic N) is 3. The van der Waals surface area contributed by atoms with Gasteiger partial charge in [0.2, 0.25) is 11.8 Å². The van der Waals surface area contributed by atoms with E-state index in [1.807, 2.05) is 0 Å². The largest absolute Gasteiger partial charge is 0.439 e. The normalized spacial score (nSPS) is 11.8. The molecule has 0 aliphatic rings. The molecule has 1 atom stereocenters. The minimum Gasteiger partial charge on any atom is -0.439 e. The van der Waals surface area contributed by atoms with Crippen molar-refractivity contribution < 1.29 is 14.2 Å². The summed E-state index contributed by atoms with van der Waals surface area (Å²) < 4.78 is 18.4. The van der Waals surface area contributed by atoms with Crippen LogP contribution in [0.1, 0.15) is 11.7 Å². The summed E-state index contributed by atoms with van der Waals surface area (Å²) in [5.74, 6) is 0.774. The van der Waals surface area contributed by atoms with Gasteiger partial charge < -0.3 is 15.2 Å². The third-order valence-corrected chi connectivity index (χ3v) is 3.21. The highest BCUT2D eigenvalue weighted by molar-refractivity contribution is 5.32. The molecular weight excluding hydrogens is 311 g/mol. The van der Waals surface area contributed by atoms with E-state index in [1.165, 1.54) is 30.5 Å². The number of pyridine rings is 1. The van der Waals surface area contributed by atoms with Gasteiger partial charge in [0.25, 0.3) is 0 Å². The van der Waals surface area contributed by atoms with Crippen molar-refractivity contribution in [3.63, 3.8) is 0 Å². The van der Waals surface area contributed by atoms with Crippen LogP contribution in [-0.4, -0.2) is 26.6 Å². The van der Waals surface area contributed by atoms with E-state index in [1.54, 1.807) is 30.6 Å². The molecule has 0 spiro atoms. The van der Waals surface area contributed by atoms with Gasteiger partial charge in [-0.25, -0.2) is 9.37 Å². The number of ether oxygens (including phenoxy) is 1. The van der Waals surface area contributed by atoms with Crippen molar-refractivity contribution in [3.05, 3.63) is 72.4 Å². The Morgan fingerprint density at radius 2 is 1.79 bits per heavy atom. The second-order valence-corrected chi connectivity index (χ2v) is 4.95. The van der Waals surface area contributed by atoms with Crippen molar-refractivity contribution in [2.45, 2.75) is 6.10 Å². The summed E-state index contributed by atoms with van der Waals surface area (Å²) in [4.78, 5) is 12.2. The molecule has 7 heteroatoms. The molecule has 0 fully saturated rings. The number of hydrogen-bond donors (Lipinski definition) is 2. The number of rotatable bonds is 6. The minimum atomic E-state index is -0.710. The zero-order valence-corrected chi connectivity index (χ0v) is 12.6. The molecule has 0 saturated heterocycles. The van der Waals surface area contributed by atoms with Gasteiger partial charge in [0, 0.05) is 31.2 Å². The lowest BCUT2D eigenvalue weighted by Crippen LogP contribution is -2.14. The van der Waals surface area contributed by atoms with Crippen molar-refractivity contribution in [3.8, 4) is 11.6 Å². The Labute approximate surface area is 138 Å². The maximum absolute atomic E-state index is 12.9. The highest BCUT2D eigenvalue weighted by Gasteiger charge is 2.08. The molecule has 0 unspecified atom stereocenters. The zero-order chi connectivity index (χ0) is 16.8. The van der Waals surface area contributed by atoms with Gasteiger partial charge in [-0.15, -0.1) is 0 Å². The summed E-state index contributed by atoms with van der Waals surface area (Å²) in [5, 5.41) is 13.0. The highest BCUT2D eigenvalue weighted by atomic mass is 19.1. The van der Waals surface area contributed by atoms with Crippen molar-refractivity contribution in [2.24, 2.45) is 0 Å². The fourth-order valence-electron chi connectivity index (χ4n) is 2.00. The van der Waals surface area contributed by atoms with E-state index >= 15 is 0 Å². The number of aliphatic hydroxyl groups excluding tert-OH is 1. The van der Waals surface area contributed by atoms with Gasteiger partial charge in [-0.3, -0.25) is 4.98 Å². The first-order valence-electron chi connectivity index (χ1n) is 7.29. The second-order valence-electron chi connectivity index (χ2n) is 4.95. The molecule has 0 saturated carbocycles. The topological polar surface area (TPSA) is 80.2 Å². The molecule has 6 nitrogen and oxygen atoms in total. The van der Waals surface area contributed by atoms with Crippen LogP contribution in [0.25, 0.3) is 0 Å². The van der Waals surface area contributed by atoms with Crippen LogP contribution in [0, 0.1) is 5.82 Å². The van der Waals surface area contributed by atoms with E-state index < -0.39 is 6.10 Å². The van der Waals surface area contributed by atoms with Crippen LogP contribution in [-0.2, 0) is 0 Å². The minimum absolute atomic E-state index is 0.240. The lowest BCUT2D eigenvalue weighted by molar-refractivity contribution is 0.191. The summed E-state index contributed by atoms with van der Waals surface area (Å²) in [7, 11) is 0. The summed E-state index contributed by atoms with van der Waals surface area (Å²) >= 11 is 0. The molecule has 3 aromatic rings. The van der Waals surface area contributed by atoms with Crippen LogP contribution in [0.5, 0.6) is 11.6 Å². The summed E-state index contributed by atoms with van der Waals surface area (Å²) in [5.41, 5.74) is 0.746. The SMILES string of the molecule is O[C@H](CNc1nccc(Oc2ccc(F)cc2)n1)c1ccncc1. The number of benzene rings is 1. The van der Waals surface area contributed by atoms with Gasteiger partial charge in [0.05, 0.1) is 6.10 Å². The van der Waals surface area contributed by atoms with Crippen molar-refractivity contribution in [1.82, 2.24) is 15.0 Å². The fraction of sp³-hybridized carbons (Fsp3) is 0.118. The molecule has 2 N–H and O–H groups in total. The van der Waals surface area contributed by atoms with Crippen LogP contribution in [0.2, 0.25) is 0 Å². The van der Waals surface area contributed by atoms with Crippen molar-refractivity contribution in [2.75, 3.05) is 11.9 Å². The summed E-state index contributed by atoms with van der Waals surface area (Å²) in [6, 6.07) is 10.7. The summed E-state index contributed by atoms with van der Waals surface area (Å²) in [6.45, 7) is 0.240. The first kappa shape index (κ1) is 15.8. The lowest BCUT2D eigenvalue weighted by Gasteiger charge is -2.12. The molecule has 0 bridgehead atoms. The Bertz CT molecular complexity index is 784. The highest BCUT2D eigenvalue weighted by Crippen LogP contribution is 2.20. The number of aliphatic hydroxyl groups is 1. The molecule has 3 rings (SSSR count). The van der Waals surface area contributed by atoms with Gasteiger partial charge in [-0.1, -0.05) is 0 Å². The predicted octanol–water partition coefficient (Wildman–Crippen LogP) is 2.95. The third-order valence-electron chi connectivity index (χ3n) is 3.21. The number of aromatic nitrogens is 3. The molecule has 0 aliphatic heterocycles. The monoisotopic (exact) mass is 326 g/mol. The summed E-state index contributed by atoms with van der Waals surface area (Å²) in [6.07, 6.45) is 4.06. The Morgan fingerprint density at radius 1 is 1.04 bits per heavy atom. The van der Waals surface area contributed by atoms with Gasteiger partial charge in [-0.05, 0) is 42.0 Å². The number of anilines is 1. The van der Waals surface area contributed by atoms with E-state index in [0.717, 1.165) is 5.56 Å². The maximum atomic E-state index is 12.9. The standard InChI is InChI=1S/C17H15FN4O2/c18-13-1-3-14(4-2-13)24-16-7-10-20-17(22-16)21-11-15(23)12-5-8-19-9-6-12/h1-10,15,23H,11H2,(H,20,21,22)/t15-/m1/s1. The predicted molar refractivity (Wildman–Crippen MR) is 86.2 cm³/mol. The first-order valence-corrected chi connectivity index (χ1v) is 7.29. The van der Waals surface area contributed by atoms with Crippen molar-refractivity contribution >= 4 is 5.95 Å². The molecule has 1 aromatic carbocycles. The second kappa shape index (κ2) is 7.47. The Morgan fingerprint density at radius 3 is 2.54 bits per heavy atom. The average molecular weight is 326 g/mol. The van der Waals surface area contributed by atoms with Gasteiger partial charge in [0.15, 0.2) is 0 Å². The van der Waals surface area contributed by atoms with Gasteiger partial charge in [-0.2, -0.15) is 4.98 Å². The molecule has 0 radical (unpaired) electrons. The van der Waals surface area contributed by atoms with E-state index in [2.05, 4.69) is 20.3 Å². The number of hydrogen-bond acceptors (Lipinski definition) is 6. The van der Waals surface area contributed by atoms with E-state index in [9.17, 15) is 9.50 Å². The average Bonchev–Trinajstić information content (AvgIpc) is 2.63. The Balaban J connectivity index is 1.62. The van der Waals surface area contributed by atoms with E-state index in [-0.39, 0.29) is 12.4 Å². The first-order chi connectivity index (χ1) is 11.7. The molecule has 0 aliphatic carbocycles. The van der Waals surface area contributed by atoms with E-state index in [4.69, 9.17) is 4.74 Å². The van der Waals surface area contributed by atoms with Crippen LogP contribution < -0.4 is 10.1 Å². The molecular formula is C17H15FN4O2. The number of halogens is 1. The maximum Gasteiger partial charge on any atom is 0.226 e. The molecule has 122 valence electrons. The van der Waals surface area contributed by atoms with Crippen molar-refractivity contribution in [1.29, 1.82) is 0 Å². The lowest BCUT2D eigenvalue weighted by atomic mass is 10.1. The van der Waals surface area contributed by atoms with Crippen LogP contribution in [0.3, 0.4) is 0 Å². The van der Waals surface area contributed by atoms with E-state index in [0.29, 0.717) is 17.6 Å². The number of nitrogens with one attached hydrogen (secondary N) is 1. The third kappa shape index (κ3) is 4.23. The smallest absolute Gasteiger partial charge is 0.226 e. The van der Waals surface area contributed by atoms with Crippen LogP contribution >= 0.6 is 0 Å². The Hall–Kier alpha value is -3.06. The Kier molecular flexibility index (Phi) is 4.93. The quantitative estimate of drug-likeness (QED) is 0.725. The molecule has 0 amide bonds. The molecule has 2 heterocycles. The van der Waals surface area contributed by atoms with Crippen LogP contribution in [0.15, 0.2) is 61.1 Å². The zero-order valence-electron chi connectivity index (χ0n) is 12.6.